The molecule has 0 aliphatic carbocycles. The molecule has 0 atom stereocenters. The summed E-state index contributed by atoms with van der Waals surface area (Å²) in [5.41, 5.74) is 0.187. The number of ether oxygens (including phenoxy) is 1. The van der Waals surface area contributed by atoms with E-state index in [1.807, 2.05) is 19.1 Å². The number of halogens is 3. The largest absolute Gasteiger partial charge is 0.484 e. The van der Waals surface area contributed by atoms with Gasteiger partial charge in [0.25, 0.3) is 5.91 Å². The summed E-state index contributed by atoms with van der Waals surface area (Å²) in [6, 6.07) is 9.06. The number of nitrogens with zero attached hydrogens (tertiary/aromatic N) is 1. The zero-order chi connectivity index (χ0) is 16.2. The summed E-state index contributed by atoms with van der Waals surface area (Å²) in [6.45, 7) is 1.67. The maximum Gasteiger partial charge on any atom is 0.417 e. The molecule has 0 unspecified atom stereocenters. The van der Waals surface area contributed by atoms with E-state index in [0.717, 1.165) is 17.7 Å². The summed E-state index contributed by atoms with van der Waals surface area (Å²) in [4.78, 5) is 15.2. The summed E-state index contributed by atoms with van der Waals surface area (Å²) in [5, 5.41) is 2.36. The van der Waals surface area contributed by atoms with E-state index in [1.165, 1.54) is 0 Å². The molecule has 116 valence electrons. The van der Waals surface area contributed by atoms with Crippen LogP contribution in [0.4, 0.5) is 19.0 Å². The van der Waals surface area contributed by atoms with E-state index in [0.29, 0.717) is 11.9 Å². The number of benzene rings is 1. The van der Waals surface area contributed by atoms with Gasteiger partial charge in [-0.05, 0) is 31.2 Å². The van der Waals surface area contributed by atoms with Crippen molar-refractivity contribution >= 4 is 11.7 Å². The Morgan fingerprint density at radius 2 is 1.86 bits per heavy atom. The predicted molar refractivity (Wildman–Crippen MR) is 74.5 cm³/mol. The van der Waals surface area contributed by atoms with Gasteiger partial charge in [-0.2, -0.15) is 13.2 Å². The maximum absolute atomic E-state index is 12.4. The monoisotopic (exact) mass is 310 g/mol. The third kappa shape index (κ3) is 4.47. The number of hydrogen-bond acceptors (Lipinski definition) is 3. The smallest absolute Gasteiger partial charge is 0.417 e. The van der Waals surface area contributed by atoms with E-state index in [9.17, 15) is 18.0 Å². The maximum atomic E-state index is 12.4. The van der Waals surface area contributed by atoms with Crippen LogP contribution in [0.3, 0.4) is 0 Å². The van der Waals surface area contributed by atoms with Crippen LogP contribution in [0.2, 0.25) is 0 Å². The summed E-state index contributed by atoms with van der Waals surface area (Å²) in [7, 11) is 0. The number of hydrogen-bond donors (Lipinski definition) is 1. The lowest BCUT2D eigenvalue weighted by molar-refractivity contribution is -0.137. The van der Waals surface area contributed by atoms with Crippen LogP contribution < -0.4 is 10.1 Å². The minimum Gasteiger partial charge on any atom is -0.484 e. The molecule has 0 saturated heterocycles. The number of pyridine rings is 1. The minimum absolute atomic E-state index is 0.0329. The normalized spacial score (nSPS) is 11.1. The van der Waals surface area contributed by atoms with Crippen LogP contribution in [0.15, 0.2) is 42.6 Å². The summed E-state index contributed by atoms with van der Waals surface area (Å²) in [6.07, 6.45) is -3.79. The highest BCUT2D eigenvalue weighted by Gasteiger charge is 2.30. The molecular weight excluding hydrogens is 297 g/mol. The second kappa shape index (κ2) is 6.46. The first-order chi connectivity index (χ1) is 10.3. The van der Waals surface area contributed by atoms with Crippen molar-refractivity contribution < 1.29 is 22.7 Å². The van der Waals surface area contributed by atoms with E-state index in [2.05, 4.69) is 10.3 Å². The number of carbonyl (C=O) groups is 1. The molecule has 1 aromatic carbocycles. The van der Waals surface area contributed by atoms with Crippen molar-refractivity contribution in [3.63, 3.8) is 0 Å². The quantitative estimate of drug-likeness (QED) is 0.941. The van der Waals surface area contributed by atoms with Crippen LogP contribution in [0.5, 0.6) is 5.75 Å². The molecule has 0 aliphatic heterocycles. The van der Waals surface area contributed by atoms with Crippen LogP contribution in [0.1, 0.15) is 11.1 Å². The molecule has 1 amide bonds. The van der Waals surface area contributed by atoms with Gasteiger partial charge in [0.2, 0.25) is 0 Å². The van der Waals surface area contributed by atoms with Gasteiger partial charge in [-0.1, -0.05) is 17.7 Å². The standard InChI is InChI=1S/C15H13F3N2O2/c1-10-2-5-12(6-3-10)22-9-14(21)20-13-7-4-11(8-19-13)15(16,17)18/h2-8H,9H2,1H3,(H,19,20,21). The molecule has 0 aliphatic rings. The van der Waals surface area contributed by atoms with Crippen molar-refractivity contribution in [3.8, 4) is 5.75 Å². The van der Waals surface area contributed by atoms with Crippen LogP contribution >= 0.6 is 0 Å². The fraction of sp³-hybridized carbons (Fsp3) is 0.200. The number of nitrogens with one attached hydrogen (secondary N) is 1. The van der Waals surface area contributed by atoms with E-state index in [4.69, 9.17) is 4.74 Å². The van der Waals surface area contributed by atoms with Crippen molar-refractivity contribution in [3.05, 3.63) is 53.7 Å². The number of aromatic nitrogens is 1. The summed E-state index contributed by atoms with van der Waals surface area (Å²) in [5.74, 6) is 0.0551. The van der Waals surface area contributed by atoms with Crippen LogP contribution in [-0.2, 0) is 11.0 Å². The second-order valence-corrected chi connectivity index (χ2v) is 4.58. The van der Waals surface area contributed by atoms with Gasteiger partial charge in [0.15, 0.2) is 6.61 Å². The zero-order valence-electron chi connectivity index (χ0n) is 11.6. The number of alkyl halides is 3. The second-order valence-electron chi connectivity index (χ2n) is 4.58. The Bertz CT molecular complexity index is 637. The van der Waals surface area contributed by atoms with Crippen LogP contribution in [0.25, 0.3) is 0 Å². The first kappa shape index (κ1) is 15.8. The number of rotatable bonds is 4. The molecule has 4 nitrogen and oxygen atoms in total. The fourth-order valence-electron chi connectivity index (χ4n) is 1.60. The highest BCUT2D eigenvalue weighted by atomic mass is 19.4. The molecule has 0 radical (unpaired) electrons. The van der Waals surface area contributed by atoms with Gasteiger partial charge in [0, 0.05) is 6.20 Å². The van der Waals surface area contributed by atoms with E-state index >= 15 is 0 Å². The van der Waals surface area contributed by atoms with Gasteiger partial charge in [0.1, 0.15) is 11.6 Å². The lowest BCUT2D eigenvalue weighted by atomic mass is 10.2. The van der Waals surface area contributed by atoms with E-state index in [1.54, 1.807) is 12.1 Å². The van der Waals surface area contributed by atoms with Gasteiger partial charge in [-0.3, -0.25) is 4.79 Å². The molecule has 0 saturated carbocycles. The van der Waals surface area contributed by atoms with Gasteiger partial charge < -0.3 is 10.1 Å². The van der Waals surface area contributed by atoms with Crippen molar-refractivity contribution in [2.45, 2.75) is 13.1 Å². The van der Waals surface area contributed by atoms with E-state index < -0.39 is 17.6 Å². The average molecular weight is 310 g/mol. The Hall–Kier alpha value is -2.57. The van der Waals surface area contributed by atoms with Crippen molar-refractivity contribution in [1.82, 2.24) is 4.98 Å². The van der Waals surface area contributed by atoms with Gasteiger partial charge in [-0.25, -0.2) is 4.98 Å². The number of anilines is 1. The van der Waals surface area contributed by atoms with Crippen molar-refractivity contribution in [2.24, 2.45) is 0 Å². The third-order valence-corrected chi connectivity index (χ3v) is 2.75. The molecule has 1 N–H and O–H groups in total. The molecule has 0 spiro atoms. The Kier molecular flexibility index (Phi) is 4.65. The van der Waals surface area contributed by atoms with Crippen LogP contribution in [-0.4, -0.2) is 17.5 Å². The fourth-order valence-corrected chi connectivity index (χ4v) is 1.60. The molecule has 2 rings (SSSR count). The first-order valence-corrected chi connectivity index (χ1v) is 6.37. The molecule has 0 bridgehead atoms. The highest BCUT2D eigenvalue weighted by molar-refractivity contribution is 5.90. The molecule has 7 heteroatoms. The number of amides is 1. The van der Waals surface area contributed by atoms with Gasteiger partial charge in [-0.15, -0.1) is 0 Å². The first-order valence-electron chi connectivity index (χ1n) is 6.37. The zero-order valence-corrected chi connectivity index (χ0v) is 11.6. The van der Waals surface area contributed by atoms with Crippen molar-refractivity contribution in [2.75, 3.05) is 11.9 Å². The SMILES string of the molecule is Cc1ccc(OCC(=O)Nc2ccc(C(F)(F)F)cn2)cc1. The molecule has 1 aromatic heterocycles. The van der Waals surface area contributed by atoms with Gasteiger partial charge >= 0.3 is 6.18 Å². The molecule has 2 aromatic rings. The summed E-state index contributed by atoms with van der Waals surface area (Å²) < 4.78 is 42.4. The number of aryl methyl sites for hydroxylation is 1. The lowest BCUT2D eigenvalue weighted by Crippen LogP contribution is -2.21. The molecule has 0 fully saturated rings. The van der Waals surface area contributed by atoms with Crippen molar-refractivity contribution in [1.29, 1.82) is 0 Å². The molecule has 1 heterocycles. The highest BCUT2D eigenvalue weighted by Crippen LogP contribution is 2.28. The number of carbonyl (C=O) groups excluding carboxylic acids is 1. The Morgan fingerprint density at radius 3 is 2.41 bits per heavy atom. The Balaban J connectivity index is 1.88. The van der Waals surface area contributed by atoms with Gasteiger partial charge in [0.05, 0.1) is 5.56 Å². The van der Waals surface area contributed by atoms with Crippen LogP contribution in [0, 0.1) is 6.92 Å². The lowest BCUT2D eigenvalue weighted by Gasteiger charge is -2.09. The average Bonchev–Trinajstić information content (AvgIpc) is 2.46. The van der Waals surface area contributed by atoms with E-state index in [-0.39, 0.29) is 12.4 Å². The minimum atomic E-state index is -4.45. The third-order valence-electron chi connectivity index (χ3n) is 2.75. The predicted octanol–water partition coefficient (Wildman–Crippen LogP) is 3.43. The molecule has 22 heavy (non-hydrogen) atoms. The Labute approximate surface area is 124 Å². The molecular formula is C15H13F3N2O2. The summed E-state index contributed by atoms with van der Waals surface area (Å²) >= 11 is 0. The Morgan fingerprint density at radius 1 is 1.18 bits per heavy atom. The topological polar surface area (TPSA) is 51.2 Å².